The molecule has 0 aliphatic carbocycles. The zero-order valence-electron chi connectivity index (χ0n) is 18.7. The Morgan fingerprint density at radius 3 is 2.20 bits per heavy atom. The summed E-state index contributed by atoms with van der Waals surface area (Å²) < 4.78 is 11.1. The number of aryl methyl sites for hydroxylation is 1. The van der Waals surface area contributed by atoms with Crippen LogP contribution in [0.4, 0.5) is 11.4 Å². The van der Waals surface area contributed by atoms with Crippen LogP contribution in [0.5, 0.6) is 11.5 Å². The smallest absolute Gasteiger partial charge is 0.126 e. The molecular formula is C26H30NO2P. The Hall–Kier alpha value is -2.51. The molecule has 1 heterocycles. The molecule has 3 aromatic carbocycles. The van der Waals surface area contributed by atoms with Crippen molar-refractivity contribution < 1.29 is 9.47 Å². The topological polar surface area (TPSA) is 21.7 Å². The second kappa shape index (κ2) is 7.96. The molecule has 1 unspecified atom stereocenters. The fourth-order valence-electron chi connectivity index (χ4n) is 4.21. The summed E-state index contributed by atoms with van der Waals surface area (Å²) in [4.78, 5) is 2.47. The molecule has 4 rings (SSSR count). The lowest BCUT2D eigenvalue weighted by molar-refractivity contribution is 0.415. The maximum atomic E-state index is 5.78. The van der Waals surface area contributed by atoms with Gasteiger partial charge < -0.3 is 14.4 Å². The summed E-state index contributed by atoms with van der Waals surface area (Å²) in [7, 11) is 3.06. The summed E-state index contributed by atoms with van der Waals surface area (Å²) in [5.74, 6) is 1.82. The van der Waals surface area contributed by atoms with Gasteiger partial charge in [0.15, 0.2) is 0 Å². The maximum Gasteiger partial charge on any atom is 0.126 e. The predicted molar refractivity (Wildman–Crippen MR) is 129 cm³/mol. The van der Waals surface area contributed by atoms with Crippen LogP contribution in [0.25, 0.3) is 11.1 Å². The van der Waals surface area contributed by atoms with Crippen molar-refractivity contribution in [2.24, 2.45) is 0 Å². The third kappa shape index (κ3) is 3.56. The van der Waals surface area contributed by atoms with E-state index in [4.69, 9.17) is 9.47 Å². The highest BCUT2D eigenvalue weighted by Gasteiger charge is 2.39. The molecule has 0 N–H and O–H groups in total. The van der Waals surface area contributed by atoms with E-state index in [-0.39, 0.29) is 5.16 Å². The highest BCUT2D eigenvalue weighted by molar-refractivity contribution is 7.68. The summed E-state index contributed by atoms with van der Waals surface area (Å²) in [6.45, 7) is 9.27. The molecule has 0 saturated carbocycles. The van der Waals surface area contributed by atoms with E-state index in [0.29, 0.717) is 0 Å². The Kier molecular flexibility index (Phi) is 5.51. The first-order valence-corrected chi connectivity index (χ1v) is 11.8. The maximum absolute atomic E-state index is 5.78. The van der Waals surface area contributed by atoms with Crippen LogP contribution in [0.1, 0.15) is 26.3 Å². The number of ether oxygens (including phenoxy) is 2. The molecule has 1 aliphatic heterocycles. The van der Waals surface area contributed by atoms with Gasteiger partial charge in [0.05, 0.1) is 14.2 Å². The van der Waals surface area contributed by atoms with Crippen LogP contribution in [-0.4, -0.2) is 25.7 Å². The van der Waals surface area contributed by atoms with Crippen LogP contribution in [0, 0.1) is 6.92 Å². The third-order valence-corrected chi connectivity index (χ3v) is 8.97. The number of hydrogen-bond acceptors (Lipinski definition) is 3. The van der Waals surface area contributed by atoms with Gasteiger partial charge >= 0.3 is 0 Å². The van der Waals surface area contributed by atoms with Crippen molar-refractivity contribution in [3.05, 3.63) is 66.2 Å². The summed E-state index contributed by atoms with van der Waals surface area (Å²) in [6, 6.07) is 21.4. The minimum atomic E-state index is -0.411. The van der Waals surface area contributed by atoms with Gasteiger partial charge in [-0.15, -0.1) is 0 Å². The Morgan fingerprint density at radius 2 is 1.57 bits per heavy atom. The van der Waals surface area contributed by atoms with E-state index >= 15 is 0 Å². The van der Waals surface area contributed by atoms with Crippen LogP contribution in [0.3, 0.4) is 0 Å². The summed E-state index contributed by atoms with van der Waals surface area (Å²) >= 11 is 0. The monoisotopic (exact) mass is 419 g/mol. The van der Waals surface area contributed by atoms with Gasteiger partial charge in [-0.3, -0.25) is 0 Å². The standard InChI is InChI=1S/C26H30NO2P/c1-18-9-7-12-23(29-6)24(18)21-10-8-11-22-25(21)30(26(2,3)4)17-27(22)19-13-15-20(28-5)16-14-19/h7-16H,17H2,1-6H3. The summed E-state index contributed by atoms with van der Waals surface area (Å²) in [5, 5.41) is 1.67. The number of benzene rings is 3. The van der Waals surface area contributed by atoms with Gasteiger partial charge in [-0.1, -0.05) is 45.0 Å². The van der Waals surface area contributed by atoms with E-state index < -0.39 is 7.92 Å². The number of rotatable bonds is 4. The first-order valence-electron chi connectivity index (χ1n) is 10.3. The molecule has 30 heavy (non-hydrogen) atoms. The largest absolute Gasteiger partial charge is 0.497 e. The molecule has 3 aromatic rings. The van der Waals surface area contributed by atoms with Crippen molar-refractivity contribution in [1.82, 2.24) is 0 Å². The summed E-state index contributed by atoms with van der Waals surface area (Å²) in [6.07, 6.45) is 1.02. The number of methoxy groups -OCH3 is 2. The highest BCUT2D eigenvalue weighted by atomic mass is 31.1. The second-order valence-electron chi connectivity index (χ2n) is 8.69. The molecule has 0 fully saturated rings. The lowest BCUT2D eigenvalue weighted by Gasteiger charge is -2.30. The van der Waals surface area contributed by atoms with Crippen molar-refractivity contribution in [3.8, 4) is 22.6 Å². The third-order valence-electron chi connectivity index (χ3n) is 5.78. The van der Waals surface area contributed by atoms with E-state index in [9.17, 15) is 0 Å². The van der Waals surface area contributed by atoms with Gasteiger partial charge in [-0.25, -0.2) is 0 Å². The SMILES string of the molecule is COc1ccc(N2CP(C(C)(C)C)c3c(-c4c(C)cccc4OC)cccc32)cc1. The minimum absolute atomic E-state index is 0.192. The quantitative estimate of drug-likeness (QED) is 0.440. The number of fused-ring (bicyclic) bond motifs is 1. The molecule has 1 aliphatic rings. The van der Waals surface area contributed by atoms with E-state index in [2.05, 4.69) is 81.1 Å². The molecule has 1 atom stereocenters. The van der Waals surface area contributed by atoms with Gasteiger partial charge in [0.2, 0.25) is 0 Å². The first kappa shape index (κ1) is 20.8. The van der Waals surface area contributed by atoms with Crippen LogP contribution in [0.2, 0.25) is 0 Å². The Labute approximate surface area is 181 Å². The Bertz CT molecular complexity index is 1050. The van der Waals surface area contributed by atoms with E-state index in [1.807, 2.05) is 12.1 Å². The zero-order valence-corrected chi connectivity index (χ0v) is 19.6. The molecule has 0 aromatic heterocycles. The highest BCUT2D eigenvalue weighted by Crippen LogP contribution is 2.59. The van der Waals surface area contributed by atoms with E-state index in [1.54, 1.807) is 14.2 Å². The molecule has 0 spiro atoms. The van der Waals surface area contributed by atoms with Crippen molar-refractivity contribution in [2.45, 2.75) is 32.9 Å². The van der Waals surface area contributed by atoms with Gasteiger partial charge in [0.1, 0.15) is 11.5 Å². The minimum Gasteiger partial charge on any atom is -0.497 e. The molecular weight excluding hydrogens is 389 g/mol. The van der Waals surface area contributed by atoms with Crippen LogP contribution >= 0.6 is 7.92 Å². The number of anilines is 2. The number of nitrogens with zero attached hydrogens (tertiary/aromatic N) is 1. The van der Waals surface area contributed by atoms with Crippen molar-refractivity contribution in [3.63, 3.8) is 0 Å². The number of hydrogen-bond donors (Lipinski definition) is 0. The van der Waals surface area contributed by atoms with E-state index in [0.717, 1.165) is 17.8 Å². The van der Waals surface area contributed by atoms with Crippen LogP contribution < -0.4 is 19.7 Å². The molecule has 4 heteroatoms. The van der Waals surface area contributed by atoms with Crippen LogP contribution in [-0.2, 0) is 0 Å². The second-order valence-corrected chi connectivity index (χ2v) is 11.6. The molecule has 3 nitrogen and oxygen atoms in total. The molecule has 0 radical (unpaired) electrons. The van der Waals surface area contributed by atoms with Crippen molar-refractivity contribution in [2.75, 3.05) is 25.4 Å². The van der Waals surface area contributed by atoms with Gasteiger partial charge in [-0.2, -0.15) is 0 Å². The fourth-order valence-corrected chi connectivity index (χ4v) is 6.99. The average molecular weight is 420 g/mol. The normalized spacial score (nSPS) is 15.8. The molecule has 0 saturated heterocycles. The first-order chi connectivity index (χ1) is 14.3. The van der Waals surface area contributed by atoms with Gasteiger partial charge in [-0.05, 0) is 67.5 Å². The Morgan fingerprint density at radius 1 is 0.867 bits per heavy atom. The zero-order chi connectivity index (χ0) is 21.5. The van der Waals surface area contributed by atoms with Crippen LogP contribution in [0.15, 0.2) is 60.7 Å². The van der Waals surface area contributed by atoms with Crippen molar-refractivity contribution >= 4 is 24.6 Å². The molecule has 156 valence electrons. The lowest BCUT2D eigenvalue weighted by Crippen LogP contribution is -2.20. The fraction of sp³-hybridized carbons (Fsp3) is 0.308. The predicted octanol–water partition coefficient (Wildman–Crippen LogP) is 6.69. The summed E-state index contributed by atoms with van der Waals surface area (Å²) in [5.41, 5.74) is 6.28. The lowest BCUT2D eigenvalue weighted by atomic mass is 9.98. The molecule has 0 bridgehead atoms. The van der Waals surface area contributed by atoms with Gasteiger partial charge in [0, 0.05) is 28.5 Å². The van der Waals surface area contributed by atoms with Gasteiger partial charge in [0.25, 0.3) is 0 Å². The van der Waals surface area contributed by atoms with E-state index in [1.165, 1.54) is 33.4 Å². The van der Waals surface area contributed by atoms with Crippen molar-refractivity contribution in [1.29, 1.82) is 0 Å². The average Bonchev–Trinajstić information content (AvgIpc) is 3.14. The molecule has 0 amide bonds. The Balaban J connectivity index is 1.93.